The Morgan fingerprint density at radius 2 is 0.600 bits per heavy atom. The summed E-state index contributed by atoms with van der Waals surface area (Å²) in [6.07, 6.45) is 2.02. The molecule has 0 heterocycles. The van der Waals surface area contributed by atoms with Crippen LogP contribution in [0.4, 0.5) is 0 Å². The predicted octanol–water partition coefficient (Wildman–Crippen LogP) is 5.66. The van der Waals surface area contributed by atoms with Crippen molar-refractivity contribution in [1.29, 1.82) is 0 Å². The number of hydrogen-bond acceptors (Lipinski definition) is 29. The molecule has 0 spiro atoms. The van der Waals surface area contributed by atoms with Gasteiger partial charge in [0.15, 0.2) is 23.0 Å². The molecule has 4 rings (SSSR count). The fourth-order valence-corrected chi connectivity index (χ4v) is 8.81. The first-order valence-electron chi connectivity index (χ1n) is 35.8. The van der Waals surface area contributed by atoms with Crippen molar-refractivity contribution in [3.05, 3.63) is 107 Å². The highest BCUT2D eigenvalue weighted by Crippen LogP contribution is 2.41. The highest BCUT2D eigenvalue weighted by molar-refractivity contribution is 5.96. The second kappa shape index (κ2) is 63.9. The molecule has 30 nitrogen and oxygen atoms in total. The van der Waals surface area contributed by atoms with Gasteiger partial charge in [-0.15, -0.1) is 0 Å². The van der Waals surface area contributed by atoms with Crippen molar-refractivity contribution in [1.82, 2.24) is 5.32 Å². The van der Waals surface area contributed by atoms with Crippen LogP contribution in [0.15, 0.2) is 84.9 Å². The summed E-state index contributed by atoms with van der Waals surface area (Å²) in [6, 6.07) is 25.3. The van der Waals surface area contributed by atoms with E-state index in [1.165, 1.54) is 24.3 Å². The number of aliphatic hydroxyl groups is 2. The smallest absolute Gasteiger partial charge is 0.338 e. The van der Waals surface area contributed by atoms with Crippen LogP contribution in [0.25, 0.3) is 0 Å². The maximum absolute atomic E-state index is 14.6. The van der Waals surface area contributed by atoms with Gasteiger partial charge in [-0.2, -0.15) is 0 Å². The summed E-state index contributed by atoms with van der Waals surface area (Å²) in [4.78, 5) is 29.1. The molecule has 4 aromatic rings. The number of benzene rings is 4. The summed E-state index contributed by atoms with van der Waals surface area (Å²) in [5, 5.41) is 24.7. The highest BCUT2D eigenvalue weighted by Gasteiger charge is 2.35. The first-order valence-corrected chi connectivity index (χ1v) is 35.8. The molecule has 3 N–H and O–H groups in total. The van der Waals surface area contributed by atoms with Gasteiger partial charge in [-0.05, 0) is 41.8 Å². The van der Waals surface area contributed by atoms with Gasteiger partial charge < -0.3 is 134 Å². The van der Waals surface area contributed by atoms with Crippen molar-refractivity contribution in [2.24, 2.45) is 0 Å². The number of rotatable bonds is 74. The third-order valence-electron chi connectivity index (χ3n) is 14.4. The summed E-state index contributed by atoms with van der Waals surface area (Å²) in [5.41, 5.74) is 0.00906. The number of hydrogen-bond donors (Lipinski definition) is 3. The van der Waals surface area contributed by atoms with Gasteiger partial charge in [-0.3, -0.25) is 4.79 Å². The molecule has 0 fully saturated rings. The van der Waals surface area contributed by atoms with E-state index in [0.29, 0.717) is 139 Å². The van der Waals surface area contributed by atoms with Crippen LogP contribution >= 0.6 is 0 Å². The summed E-state index contributed by atoms with van der Waals surface area (Å²) in [7, 11) is 4.76. The minimum absolute atomic E-state index is 0.00672. The van der Waals surface area contributed by atoms with Crippen LogP contribution in [-0.4, -0.2) is 313 Å². The molecule has 4 aromatic carbocycles. The normalized spacial score (nSPS) is 11.5. The Hall–Kier alpha value is -6.18. The third-order valence-corrected chi connectivity index (χ3v) is 14.4. The number of aliphatic hydroxyl groups excluding tert-OH is 2. The molecule has 0 aromatic heterocycles. The molecular formula is C75H117NO29. The molecule has 105 heavy (non-hydrogen) atoms. The molecule has 0 saturated heterocycles. The Labute approximate surface area is 619 Å². The van der Waals surface area contributed by atoms with Gasteiger partial charge in [0.25, 0.3) is 5.91 Å². The summed E-state index contributed by atoms with van der Waals surface area (Å²) >= 11 is 0. The Bertz CT molecular complexity index is 2660. The standard InChI is InChI=1S/C75H117NO29/c1-5-6-17-84-24-25-88-29-35-93-44-50-101-69-56-66(57-70(102-51-45-94-36-30-89-38-40-97-58-63-13-9-7-10-14-63)72(69)104-53-47-96-37-31-90-39-41-98-59-64-15-11-8-12-16-64)74(80)105-62-75(60-77,61-78)76-73(79)65-54-67(99-48-42-91-32-26-85-21-18-81-2)71(103-52-46-95-34-28-87-23-20-83-4)68(55-65)100-49-43-92-33-27-86-22-19-82-3/h7-16,54-57,77-78H,5-6,17-53,58-62H2,1-4H3,(H,76,79). The Balaban J connectivity index is 1.56. The van der Waals surface area contributed by atoms with Crippen molar-refractivity contribution in [3.8, 4) is 34.5 Å². The van der Waals surface area contributed by atoms with Gasteiger partial charge in [0.1, 0.15) is 51.8 Å². The van der Waals surface area contributed by atoms with Crippen LogP contribution in [0, 0.1) is 0 Å². The number of unbranched alkanes of at least 4 members (excludes halogenated alkanes) is 1. The summed E-state index contributed by atoms with van der Waals surface area (Å²) in [6.45, 7) is 10.4. The Morgan fingerprint density at radius 1 is 0.333 bits per heavy atom. The average molecular weight is 1500 g/mol. The first kappa shape index (κ1) is 91.2. The Morgan fingerprint density at radius 3 is 0.895 bits per heavy atom. The summed E-state index contributed by atoms with van der Waals surface area (Å²) in [5.74, 6) is -1.23. The lowest BCUT2D eigenvalue weighted by Crippen LogP contribution is -2.57. The van der Waals surface area contributed by atoms with Crippen molar-refractivity contribution in [2.75, 3.05) is 286 Å². The number of carbonyl (C=O) groups excluding carboxylic acids is 2. The van der Waals surface area contributed by atoms with E-state index in [1.54, 1.807) is 21.3 Å². The van der Waals surface area contributed by atoms with Crippen molar-refractivity contribution >= 4 is 11.9 Å². The fourth-order valence-electron chi connectivity index (χ4n) is 8.81. The van der Waals surface area contributed by atoms with Crippen LogP contribution in [0.5, 0.6) is 34.5 Å². The second-order valence-electron chi connectivity index (χ2n) is 22.7. The molecule has 0 atom stereocenters. The minimum atomic E-state index is -1.98. The average Bonchev–Trinajstić information content (AvgIpc) is 0.809. The number of amides is 1. The topological polar surface area (TPSA) is 317 Å². The zero-order chi connectivity index (χ0) is 74.8. The Kier molecular flexibility index (Phi) is 55.5. The lowest BCUT2D eigenvalue weighted by atomic mass is 10.0. The van der Waals surface area contributed by atoms with Crippen LogP contribution in [0.3, 0.4) is 0 Å². The zero-order valence-corrected chi connectivity index (χ0v) is 62.1. The van der Waals surface area contributed by atoms with Crippen LogP contribution in [0.1, 0.15) is 51.6 Å². The molecule has 0 radical (unpaired) electrons. The first-order chi connectivity index (χ1) is 51.8. The molecule has 0 bridgehead atoms. The fraction of sp³-hybridized carbons (Fsp3) is 0.653. The van der Waals surface area contributed by atoms with E-state index in [0.717, 1.165) is 24.0 Å². The van der Waals surface area contributed by atoms with Gasteiger partial charge in [-0.1, -0.05) is 74.0 Å². The highest BCUT2D eigenvalue weighted by atomic mass is 16.6. The van der Waals surface area contributed by atoms with E-state index in [-0.39, 0.29) is 165 Å². The SMILES string of the molecule is CCCCOCCOCCOCCOc1cc(C(=O)OCC(CO)(CO)NC(=O)c2cc(OCCOCCOCCOC)c(OCCOCCOCCOC)c(OCCOCCOCCOC)c2)cc(OCCOCCOCCOCc2ccccc2)c1OCCOCCOCCOCc1ccccc1. The second-order valence-corrected chi connectivity index (χ2v) is 22.7. The van der Waals surface area contributed by atoms with Gasteiger partial charge >= 0.3 is 5.97 Å². The maximum Gasteiger partial charge on any atom is 0.338 e. The van der Waals surface area contributed by atoms with Gasteiger partial charge in [-0.25, -0.2) is 4.79 Å². The van der Waals surface area contributed by atoms with Crippen LogP contribution < -0.4 is 33.7 Å². The monoisotopic (exact) mass is 1500 g/mol. The van der Waals surface area contributed by atoms with Gasteiger partial charge in [0.2, 0.25) is 11.5 Å². The van der Waals surface area contributed by atoms with Crippen molar-refractivity contribution < 1.29 is 138 Å². The lowest BCUT2D eigenvalue weighted by molar-refractivity contribution is 0.00396. The largest absolute Gasteiger partial charge is 0.487 e. The van der Waals surface area contributed by atoms with E-state index in [1.807, 2.05) is 60.7 Å². The molecule has 30 heteroatoms. The molecule has 1 amide bonds. The molecule has 0 unspecified atom stereocenters. The maximum atomic E-state index is 14.6. The van der Waals surface area contributed by atoms with Crippen molar-refractivity contribution in [3.63, 3.8) is 0 Å². The van der Waals surface area contributed by atoms with Crippen LogP contribution in [0.2, 0.25) is 0 Å². The van der Waals surface area contributed by atoms with Crippen molar-refractivity contribution in [2.45, 2.75) is 38.5 Å². The third kappa shape index (κ3) is 44.7. The number of esters is 1. The quantitative estimate of drug-likeness (QED) is 0.0355. The molecular weight excluding hydrogens is 1380 g/mol. The van der Waals surface area contributed by atoms with E-state index in [4.69, 9.17) is 118 Å². The van der Waals surface area contributed by atoms with E-state index in [9.17, 15) is 19.8 Å². The molecule has 0 saturated carbocycles. The summed E-state index contributed by atoms with van der Waals surface area (Å²) < 4.78 is 144. The number of methoxy groups -OCH3 is 3. The molecule has 0 aliphatic rings. The number of carbonyl (C=O) groups is 2. The van der Waals surface area contributed by atoms with E-state index < -0.39 is 37.2 Å². The zero-order valence-electron chi connectivity index (χ0n) is 62.1. The van der Waals surface area contributed by atoms with E-state index >= 15 is 0 Å². The van der Waals surface area contributed by atoms with Gasteiger partial charge in [0, 0.05) is 33.5 Å². The number of ether oxygens (including phenoxy) is 25. The molecule has 0 aliphatic carbocycles. The minimum Gasteiger partial charge on any atom is -0.487 e. The van der Waals surface area contributed by atoms with E-state index in [2.05, 4.69) is 12.2 Å². The molecule has 0 aliphatic heterocycles. The van der Waals surface area contributed by atoms with Crippen LogP contribution in [-0.2, 0) is 103 Å². The van der Waals surface area contributed by atoms with Gasteiger partial charge in [0.05, 0.1) is 230 Å². The number of nitrogens with one attached hydrogen (secondary N) is 1. The lowest BCUT2D eigenvalue weighted by Gasteiger charge is -2.30. The predicted molar refractivity (Wildman–Crippen MR) is 384 cm³/mol. The molecule has 596 valence electrons.